The molecule has 1 unspecified atom stereocenters. The lowest BCUT2D eigenvalue weighted by atomic mass is 9.82. The number of carbonyl (C=O) groups excluding carboxylic acids is 2. The zero-order chi connectivity index (χ0) is 14.4. The molecule has 3 rings (SSSR count). The summed E-state index contributed by atoms with van der Waals surface area (Å²) in [6, 6.07) is 0. The van der Waals surface area contributed by atoms with Crippen LogP contribution in [0.25, 0.3) is 0 Å². The summed E-state index contributed by atoms with van der Waals surface area (Å²) in [4.78, 5) is 27.6. The van der Waals surface area contributed by atoms with Crippen molar-refractivity contribution in [1.29, 1.82) is 0 Å². The number of carbonyl (C=O) groups is 2. The van der Waals surface area contributed by atoms with Crippen molar-refractivity contribution in [2.45, 2.75) is 56.5 Å². The molecule has 5 heteroatoms. The molecule has 1 N–H and O–H groups in total. The first-order valence-electron chi connectivity index (χ1n) is 7.68. The number of amides is 2. The summed E-state index contributed by atoms with van der Waals surface area (Å²) >= 11 is 0. The van der Waals surface area contributed by atoms with E-state index < -0.39 is 11.1 Å². The van der Waals surface area contributed by atoms with Crippen molar-refractivity contribution in [2.24, 2.45) is 5.92 Å². The maximum Gasteiger partial charge on any atom is 0.249 e. The Labute approximate surface area is 120 Å². The molecule has 20 heavy (non-hydrogen) atoms. The van der Waals surface area contributed by atoms with E-state index in [1.165, 1.54) is 0 Å². The number of piperazine rings is 1. The second kappa shape index (κ2) is 4.72. The molecule has 1 spiro atoms. The number of nitrogens with zero attached hydrogens (tertiary/aromatic N) is 1. The number of methoxy groups -OCH3 is 1. The summed E-state index contributed by atoms with van der Waals surface area (Å²) in [7, 11) is 1.63. The van der Waals surface area contributed by atoms with Crippen LogP contribution in [0.2, 0.25) is 0 Å². The van der Waals surface area contributed by atoms with E-state index in [1.54, 1.807) is 7.11 Å². The summed E-state index contributed by atoms with van der Waals surface area (Å²) in [6.07, 6.45) is 5.67. The first-order valence-corrected chi connectivity index (χ1v) is 7.68. The first-order chi connectivity index (χ1) is 9.54. The highest BCUT2D eigenvalue weighted by atomic mass is 16.5. The molecule has 2 saturated carbocycles. The molecule has 1 saturated heterocycles. The van der Waals surface area contributed by atoms with Crippen molar-refractivity contribution in [3.63, 3.8) is 0 Å². The Kier molecular flexibility index (Phi) is 3.27. The molecule has 1 aliphatic heterocycles. The Hall–Kier alpha value is -1.10. The van der Waals surface area contributed by atoms with Crippen LogP contribution in [-0.2, 0) is 14.3 Å². The van der Waals surface area contributed by atoms with Gasteiger partial charge in [-0.05, 0) is 38.5 Å². The second-order valence-electron chi connectivity index (χ2n) is 6.61. The second-order valence-corrected chi connectivity index (χ2v) is 6.61. The average Bonchev–Trinajstić information content (AvgIpc) is 3.18. The molecule has 112 valence electrons. The number of hydrogen-bond donors (Lipinski definition) is 1. The summed E-state index contributed by atoms with van der Waals surface area (Å²) in [5.74, 6) is 0.459. The summed E-state index contributed by atoms with van der Waals surface area (Å²) in [5.41, 5.74) is -1.30. The molecule has 1 heterocycles. The molecule has 5 nitrogen and oxygen atoms in total. The summed E-state index contributed by atoms with van der Waals surface area (Å²) in [5, 5.41) is 3.09. The summed E-state index contributed by atoms with van der Waals surface area (Å²) < 4.78 is 5.15. The quantitative estimate of drug-likeness (QED) is 0.838. The van der Waals surface area contributed by atoms with Crippen LogP contribution < -0.4 is 5.32 Å². The largest absolute Gasteiger partial charge is 0.383 e. The fourth-order valence-electron chi connectivity index (χ4n) is 3.87. The number of ether oxygens (including phenoxy) is 1. The molecule has 0 aromatic carbocycles. The van der Waals surface area contributed by atoms with Gasteiger partial charge in [0.1, 0.15) is 11.1 Å². The molecule has 0 radical (unpaired) electrons. The van der Waals surface area contributed by atoms with Crippen molar-refractivity contribution < 1.29 is 14.3 Å². The highest BCUT2D eigenvalue weighted by Crippen LogP contribution is 2.47. The Morgan fingerprint density at radius 1 is 1.30 bits per heavy atom. The SMILES string of the molecule is COCCN1C(=O)C2(CCCC2)NC(=O)C1(C)C1CC1. The van der Waals surface area contributed by atoms with Crippen molar-refractivity contribution in [3.05, 3.63) is 0 Å². The lowest BCUT2D eigenvalue weighted by Gasteiger charge is -2.50. The van der Waals surface area contributed by atoms with Crippen molar-refractivity contribution >= 4 is 11.8 Å². The van der Waals surface area contributed by atoms with Gasteiger partial charge in [-0.1, -0.05) is 12.8 Å². The van der Waals surface area contributed by atoms with E-state index in [4.69, 9.17) is 4.74 Å². The van der Waals surface area contributed by atoms with Gasteiger partial charge in [-0.2, -0.15) is 0 Å². The maximum absolute atomic E-state index is 13.0. The Balaban J connectivity index is 1.92. The van der Waals surface area contributed by atoms with E-state index in [2.05, 4.69) is 5.32 Å². The summed E-state index contributed by atoms with van der Waals surface area (Å²) in [6.45, 7) is 2.92. The van der Waals surface area contributed by atoms with Crippen LogP contribution in [0.3, 0.4) is 0 Å². The molecule has 3 aliphatic rings. The monoisotopic (exact) mass is 280 g/mol. The molecule has 0 bridgehead atoms. The standard InChI is InChI=1S/C15H24N2O3/c1-14(11-5-6-11)12(18)16-15(7-3-4-8-15)13(19)17(14)9-10-20-2/h11H,3-10H2,1-2H3,(H,16,18). The fraction of sp³-hybridized carbons (Fsp3) is 0.867. The lowest BCUT2D eigenvalue weighted by molar-refractivity contribution is -0.164. The third kappa shape index (κ3) is 1.86. The van der Waals surface area contributed by atoms with Crippen LogP contribution in [0.5, 0.6) is 0 Å². The third-order valence-electron chi connectivity index (χ3n) is 5.38. The van der Waals surface area contributed by atoms with Crippen LogP contribution >= 0.6 is 0 Å². The molecule has 1 atom stereocenters. The minimum absolute atomic E-state index is 0.0394. The predicted octanol–water partition coefficient (Wildman–Crippen LogP) is 1.07. The Bertz CT molecular complexity index is 427. The number of nitrogens with one attached hydrogen (secondary N) is 1. The van der Waals surface area contributed by atoms with Gasteiger partial charge in [-0.3, -0.25) is 9.59 Å². The van der Waals surface area contributed by atoms with Crippen molar-refractivity contribution in [1.82, 2.24) is 10.2 Å². The topological polar surface area (TPSA) is 58.6 Å². The molecule has 3 fully saturated rings. The van der Waals surface area contributed by atoms with Crippen LogP contribution in [0, 0.1) is 5.92 Å². The van der Waals surface area contributed by atoms with E-state index >= 15 is 0 Å². The third-order valence-corrected chi connectivity index (χ3v) is 5.38. The maximum atomic E-state index is 13.0. The number of rotatable bonds is 4. The zero-order valence-corrected chi connectivity index (χ0v) is 12.4. The van der Waals surface area contributed by atoms with E-state index in [0.717, 1.165) is 38.5 Å². The van der Waals surface area contributed by atoms with E-state index in [0.29, 0.717) is 19.1 Å². The van der Waals surface area contributed by atoms with Gasteiger partial charge in [0.2, 0.25) is 11.8 Å². The molecule has 0 aromatic heterocycles. The zero-order valence-electron chi connectivity index (χ0n) is 12.4. The molecular formula is C15H24N2O3. The Morgan fingerprint density at radius 3 is 2.50 bits per heavy atom. The van der Waals surface area contributed by atoms with Crippen LogP contribution in [-0.4, -0.2) is 48.1 Å². The van der Waals surface area contributed by atoms with Gasteiger partial charge in [0.05, 0.1) is 6.61 Å². The molecular weight excluding hydrogens is 256 g/mol. The van der Waals surface area contributed by atoms with Gasteiger partial charge in [0.25, 0.3) is 0 Å². The molecule has 2 amide bonds. The van der Waals surface area contributed by atoms with Gasteiger partial charge in [0, 0.05) is 13.7 Å². The van der Waals surface area contributed by atoms with Gasteiger partial charge in [0.15, 0.2) is 0 Å². The molecule has 0 aromatic rings. The molecule has 2 aliphatic carbocycles. The minimum Gasteiger partial charge on any atom is -0.383 e. The van der Waals surface area contributed by atoms with Gasteiger partial charge >= 0.3 is 0 Å². The van der Waals surface area contributed by atoms with Gasteiger partial charge in [-0.25, -0.2) is 0 Å². The van der Waals surface area contributed by atoms with Gasteiger partial charge in [-0.15, -0.1) is 0 Å². The smallest absolute Gasteiger partial charge is 0.249 e. The minimum atomic E-state index is -0.677. The van der Waals surface area contributed by atoms with Crippen molar-refractivity contribution in [2.75, 3.05) is 20.3 Å². The predicted molar refractivity (Wildman–Crippen MR) is 74.1 cm³/mol. The van der Waals surface area contributed by atoms with E-state index in [-0.39, 0.29) is 11.8 Å². The fourth-order valence-corrected chi connectivity index (χ4v) is 3.87. The van der Waals surface area contributed by atoms with Crippen LogP contribution in [0.1, 0.15) is 45.4 Å². The van der Waals surface area contributed by atoms with E-state index in [9.17, 15) is 9.59 Å². The van der Waals surface area contributed by atoms with Crippen molar-refractivity contribution in [3.8, 4) is 0 Å². The Morgan fingerprint density at radius 2 is 1.95 bits per heavy atom. The van der Waals surface area contributed by atoms with Gasteiger partial charge < -0.3 is 15.0 Å². The highest BCUT2D eigenvalue weighted by molar-refractivity contribution is 6.02. The highest BCUT2D eigenvalue weighted by Gasteiger charge is 2.61. The average molecular weight is 280 g/mol. The van der Waals surface area contributed by atoms with E-state index in [1.807, 2.05) is 11.8 Å². The number of hydrogen-bond acceptors (Lipinski definition) is 3. The van der Waals surface area contributed by atoms with Crippen LogP contribution in [0.15, 0.2) is 0 Å². The normalized spacial score (nSPS) is 32.8. The first kappa shape index (κ1) is 13.9. The lowest BCUT2D eigenvalue weighted by Crippen LogP contribution is -2.75. The van der Waals surface area contributed by atoms with Crippen LogP contribution in [0.4, 0.5) is 0 Å².